The second kappa shape index (κ2) is 5.25. The molecule has 1 N–H and O–H groups in total. The topological polar surface area (TPSA) is 28.7 Å². The van der Waals surface area contributed by atoms with Crippen LogP contribution >= 0.6 is 15.9 Å². The van der Waals surface area contributed by atoms with Gasteiger partial charge in [-0.2, -0.15) is 5.10 Å². The van der Waals surface area contributed by atoms with Crippen LogP contribution in [0.2, 0.25) is 0 Å². The van der Waals surface area contributed by atoms with Crippen LogP contribution in [0.25, 0.3) is 22.5 Å². The van der Waals surface area contributed by atoms with Gasteiger partial charge in [0.05, 0.1) is 10.2 Å². The molecule has 0 atom stereocenters. The number of nitrogens with zero attached hydrogens (tertiary/aromatic N) is 1. The summed E-state index contributed by atoms with van der Waals surface area (Å²) >= 11 is 3.67. The van der Waals surface area contributed by atoms with E-state index >= 15 is 0 Å². The number of halogens is 1. The lowest BCUT2D eigenvalue weighted by Crippen LogP contribution is -1.80. The molecule has 3 heteroatoms. The van der Waals surface area contributed by atoms with E-state index in [1.165, 1.54) is 11.1 Å². The minimum absolute atomic E-state index is 0.945. The van der Waals surface area contributed by atoms with Crippen LogP contribution < -0.4 is 0 Å². The van der Waals surface area contributed by atoms with E-state index in [0.717, 1.165) is 27.0 Å². The quantitative estimate of drug-likeness (QED) is 0.695. The van der Waals surface area contributed by atoms with Gasteiger partial charge in [-0.25, -0.2) is 0 Å². The molecular weight excluding hydrogens is 312 g/mol. The smallest absolute Gasteiger partial charge is 0.107 e. The summed E-state index contributed by atoms with van der Waals surface area (Å²) in [5.41, 5.74) is 6.70. The minimum atomic E-state index is 0.945. The van der Waals surface area contributed by atoms with Crippen molar-refractivity contribution in [3.05, 3.63) is 64.1 Å². The van der Waals surface area contributed by atoms with E-state index in [4.69, 9.17) is 0 Å². The number of benzene rings is 2. The first-order valence-electron chi connectivity index (χ1n) is 6.53. The Morgan fingerprint density at radius 1 is 0.800 bits per heavy atom. The molecule has 0 bridgehead atoms. The Hall–Kier alpha value is -1.87. The Labute approximate surface area is 127 Å². The van der Waals surface area contributed by atoms with Crippen molar-refractivity contribution in [2.45, 2.75) is 13.8 Å². The summed E-state index contributed by atoms with van der Waals surface area (Å²) in [4.78, 5) is 0. The fourth-order valence-corrected chi connectivity index (χ4v) is 2.78. The Bertz CT molecular complexity index is 662. The predicted molar refractivity (Wildman–Crippen MR) is 86.6 cm³/mol. The number of aryl methyl sites for hydroxylation is 2. The van der Waals surface area contributed by atoms with Gasteiger partial charge < -0.3 is 0 Å². The lowest BCUT2D eigenvalue weighted by molar-refractivity contribution is 1.10. The third-order valence-electron chi connectivity index (χ3n) is 3.37. The molecule has 0 amide bonds. The SMILES string of the molecule is Cc1ccc(-c2n[nH]c(-c3ccc(C)cc3)c2Br)cc1. The molecule has 0 spiro atoms. The number of H-pyrrole nitrogens is 1. The van der Waals surface area contributed by atoms with Gasteiger partial charge in [0.25, 0.3) is 0 Å². The first-order valence-corrected chi connectivity index (χ1v) is 7.32. The number of nitrogens with one attached hydrogen (secondary N) is 1. The standard InChI is InChI=1S/C17H15BrN2/c1-11-3-7-13(8-4-11)16-15(18)17(20-19-16)14-9-5-12(2)6-10-14/h3-10H,1-2H3,(H,19,20). The Kier molecular flexibility index (Phi) is 3.45. The van der Waals surface area contributed by atoms with Gasteiger partial charge in [-0.15, -0.1) is 0 Å². The van der Waals surface area contributed by atoms with Gasteiger partial charge in [-0.05, 0) is 29.8 Å². The van der Waals surface area contributed by atoms with E-state index in [1.807, 2.05) is 0 Å². The molecule has 2 aromatic carbocycles. The minimum Gasteiger partial charge on any atom is -0.276 e. The van der Waals surface area contributed by atoms with Crippen molar-refractivity contribution < 1.29 is 0 Å². The average molecular weight is 327 g/mol. The molecular formula is C17H15BrN2. The summed E-state index contributed by atoms with van der Waals surface area (Å²) in [6, 6.07) is 16.8. The van der Waals surface area contributed by atoms with Gasteiger partial charge in [0.15, 0.2) is 0 Å². The summed E-state index contributed by atoms with van der Waals surface area (Å²) in [5.74, 6) is 0. The fraction of sp³-hybridized carbons (Fsp3) is 0.118. The first kappa shape index (κ1) is 13.1. The molecule has 1 aromatic heterocycles. The third-order valence-corrected chi connectivity index (χ3v) is 4.14. The van der Waals surface area contributed by atoms with Crippen LogP contribution in [-0.4, -0.2) is 10.2 Å². The van der Waals surface area contributed by atoms with Gasteiger partial charge >= 0.3 is 0 Å². The van der Waals surface area contributed by atoms with Gasteiger partial charge in [0.1, 0.15) is 5.69 Å². The van der Waals surface area contributed by atoms with Crippen molar-refractivity contribution in [2.24, 2.45) is 0 Å². The number of aromatic amines is 1. The normalized spacial score (nSPS) is 10.8. The van der Waals surface area contributed by atoms with E-state index < -0.39 is 0 Å². The van der Waals surface area contributed by atoms with Crippen LogP contribution in [0.4, 0.5) is 0 Å². The zero-order valence-corrected chi connectivity index (χ0v) is 13.0. The maximum Gasteiger partial charge on any atom is 0.107 e. The molecule has 3 aromatic rings. The fourth-order valence-electron chi connectivity index (χ4n) is 2.14. The largest absolute Gasteiger partial charge is 0.276 e. The lowest BCUT2D eigenvalue weighted by Gasteiger charge is -2.01. The maximum absolute atomic E-state index is 4.44. The zero-order chi connectivity index (χ0) is 14.1. The highest BCUT2D eigenvalue weighted by Gasteiger charge is 2.13. The molecule has 0 aliphatic rings. The molecule has 2 nitrogen and oxygen atoms in total. The number of rotatable bonds is 2. The molecule has 0 unspecified atom stereocenters. The molecule has 1 heterocycles. The van der Waals surface area contributed by atoms with E-state index in [1.54, 1.807) is 0 Å². The van der Waals surface area contributed by atoms with E-state index in [-0.39, 0.29) is 0 Å². The Morgan fingerprint density at radius 2 is 1.30 bits per heavy atom. The van der Waals surface area contributed by atoms with Crippen LogP contribution in [0.5, 0.6) is 0 Å². The monoisotopic (exact) mass is 326 g/mol. The highest BCUT2D eigenvalue weighted by molar-refractivity contribution is 9.10. The van der Waals surface area contributed by atoms with Crippen LogP contribution in [-0.2, 0) is 0 Å². The van der Waals surface area contributed by atoms with Crippen molar-refractivity contribution >= 4 is 15.9 Å². The second-order valence-corrected chi connectivity index (χ2v) is 5.79. The lowest BCUT2D eigenvalue weighted by atomic mass is 10.1. The predicted octanol–water partition coefficient (Wildman–Crippen LogP) is 5.12. The van der Waals surface area contributed by atoms with Crippen molar-refractivity contribution in [1.82, 2.24) is 10.2 Å². The molecule has 3 rings (SSSR count). The van der Waals surface area contributed by atoms with Crippen LogP contribution in [0.15, 0.2) is 53.0 Å². The summed E-state index contributed by atoms with van der Waals surface area (Å²) in [5, 5.41) is 7.57. The van der Waals surface area contributed by atoms with Crippen molar-refractivity contribution in [3.63, 3.8) is 0 Å². The zero-order valence-electron chi connectivity index (χ0n) is 11.4. The average Bonchev–Trinajstić information content (AvgIpc) is 2.83. The van der Waals surface area contributed by atoms with E-state index in [0.29, 0.717) is 0 Å². The van der Waals surface area contributed by atoms with E-state index in [2.05, 4.69) is 88.5 Å². The Morgan fingerprint density at radius 3 is 1.85 bits per heavy atom. The van der Waals surface area contributed by atoms with Crippen molar-refractivity contribution in [3.8, 4) is 22.5 Å². The molecule has 20 heavy (non-hydrogen) atoms. The molecule has 0 saturated heterocycles. The first-order chi connectivity index (χ1) is 9.65. The summed E-state index contributed by atoms with van der Waals surface area (Å²) < 4.78 is 1.00. The third kappa shape index (κ3) is 2.41. The Balaban J connectivity index is 2.04. The van der Waals surface area contributed by atoms with Crippen LogP contribution in [0, 0.1) is 13.8 Å². The molecule has 100 valence electrons. The molecule has 0 aliphatic heterocycles. The van der Waals surface area contributed by atoms with Gasteiger partial charge in [-0.3, -0.25) is 5.10 Å². The maximum atomic E-state index is 4.44. The number of aromatic nitrogens is 2. The highest BCUT2D eigenvalue weighted by atomic mass is 79.9. The second-order valence-electron chi connectivity index (χ2n) is 4.99. The van der Waals surface area contributed by atoms with Crippen molar-refractivity contribution in [2.75, 3.05) is 0 Å². The van der Waals surface area contributed by atoms with Gasteiger partial charge in [0.2, 0.25) is 0 Å². The molecule has 0 aliphatic carbocycles. The molecule has 0 saturated carbocycles. The van der Waals surface area contributed by atoms with Crippen LogP contribution in [0.3, 0.4) is 0 Å². The van der Waals surface area contributed by atoms with E-state index in [9.17, 15) is 0 Å². The molecule has 0 fully saturated rings. The van der Waals surface area contributed by atoms with Crippen molar-refractivity contribution in [1.29, 1.82) is 0 Å². The number of hydrogen-bond donors (Lipinski definition) is 1. The highest BCUT2D eigenvalue weighted by Crippen LogP contribution is 2.34. The summed E-state index contributed by atoms with van der Waals surface area (Å²) in [6.07, 6.45) is 0. The number of hydrogen-bond acceptors (Lipinski definition) is 1. The van der Waals surface area contributed by atoms with Gasteiger partial charge in [-0.1, -0.05) is 59.7 Å². The van der Waals surface area contributed by atoms with Crippen LogP contribution in [0.1, 0.15) is 11.1 Å². The summed E-state index contributed by atoms with van der Waals surface area (Å²) in [7, 11) is 0. The summed E-state index contributed by atoms with van der Waals surface area (Å²) in [6.45, 7) is 4.17. The molecule has 0 radical (unpaired) electrons. The van der Waals surface area contributed by atoms with Gasteiger partial charge in [0, 0.05) is 11.1 Å².